The van der Waals surface area contributed by atoms with Crippen LogP contribution in [0.5, 0.6) is 0 Å². The Balaban J connectivity index is 1.58. The maximum atomic E-state index is 13.7. The first-order chi connectivity index (χ1) is 14.9. The number of halogens is 3. The van der Waals surface area contributed by atoms with Crippen molar-refractivity contribution in [1.29, 1.82) is 0 Å². The van der Waals surface area contributed by atoms with Crippen LogP contribution in [0.3, 0.4) is 0 Å². The van der Waals surface area contributed by atoms with Crippen LogP contribution in [-0.2, 0) is 6.18 Å². The number of aromatic nitrogens is 6. The molecular formula is C20H18F3N7S. The summed E-state index contributed by atoms with van der Waals surface area (Å²) in [5.74, 6) is 0.852. The molecule has 0 aliphatic heterocycles. The number of fused-ring (bicyclic) bond motifs is 1. The summed E-state index contributed by atoms with van der Waals surface area (Å²) in [6, 6.07) is 3.64. The molecular weight excluding hydrogens is 427 g/mol. The van der Waals surface area contributed by atoms with E-state index >= 15 is 0 Å². The number of aryl methyl sites for hydroxylation is 1. The lowest BCUT2D eigenvalue weighted by molar-refractivity contribution is -0.137. The van der Waals surface area contributed by atoms with Crippen molar-refractivity contribution in [3.8, 4) is 22.0 Å². The minimum absolute atomic E-state index is 0.171. The van der Waals surface area contributed by atoms with Gasteiger partial charge in [-0.15, -0.1) is 0 Å². The molecule has 0 radical (unpaired) electrons. The fourth-order valence-electron chi connectivity index (χ4n) is 3.84. The number of pyridine rings is 1. The second-order valence-corrected chi connectivity index (χ2v) is 8.27. The number of hydrogen-bond donors (Lipinski definition) is 2. The molecule has 0 unspecified atom stereocenters. The van der Waals surface area contributed by atoms with Gasteiger partial charge in [0.2, 0.25) is 5.95 Å². The molecule has 31 heavy (non-hydrogen) atoms. The average molecular weight is 445 g/mol. The Morgan fingerprint density at radius 1 is 1.13 bits per heavy atom. The molecule has 160 valence electrons. The molecule has 4 aromatic rings. The summed E-state index contributed by atoms with van der Waals surface area (Å²) in [4.78, 5) is 20.0. The third-order valence-corrected chi connectivity index (χ3v) is 6.15. The molecule has 5 rings (SSSR count). The predicted octanol–water partition coefficient (Wildman–Crippen LogP) is 5.22. The molecule has 7 nitrogen and oxygen atoms in total. The Hall–Kier alpha value is -3.08. The quantitative estimate of drug-likeness (QED) is 0.447. The Labute approximate surface area is 179 Å². The maximum Gasteiger partial charge on any atom is 0.419 e. The van der Waals surface area contributed by atoms with Crippen LogP contribution in [0.2, 0.25) is 0 Å². The van der Waals surface area contributed by atoms with Crippen LogP contribution in [0.15, 0.2) is 24.5 Å². The van der Waals surface area contributed by atoms with E-state index in [2.05, 4.69) is 34.6 Å². The smallest absolute Gasteiger partial charge is 0.351 e. The van der Waals surface area contributed by atoms with Gasteiger partial charge in [0.25, 0.3) is 0 Å². The third-order valence-electron chi connectivity index (χ3n) is 5.32. The largest absolute Gasteiger partial charge is 0.419 e. The summed E-state index contributed by atoms with van der Waals surface area (Å²) in [5, 5.41) is 4.37. The van der Waals surface area contributed by atoms with Crippen molar-refractivity contribution in [2.75, 3.05) is 5.32 Å². The number of aromatic amines is 1. The summed E-state index contributed by atoms with van der Waals surface area (Å²) in [5.41, 5.74) is 0.336. The van der Waals surface area contributed by atoms with E-state index in [0.717, 1.165) is 31.9 Å². The highest BCUT2D eigenvalue weighted by Crippen LogP contribution is 2.39. The van der Waals surface area contributed by atoms with Gasteiger partial charge in [0.05, 0.1) is 5.69 Å². The summed E-state index contributed by atoms with van der Waals surface area (Å²) in [7, 11) is 0. The number of alkyl halides is 3. The second-order valence-electron chi connectivity index (χ2n) is 7.52. The fraction of sp³-hybridized carbons (Fsp3) is 0.350. The zero-order chi connectivity index (χ0) is 21.6. The van der Waals surface area contributed by atoms with Gasteiger partial charge in [0, 0.05) is 29.4 Å². The predicted molar refractivity (Wildman–Crippen MR) is 112 cm³/mol. The van der Waals surface area contributed by atoms with Gasteiger partial charge in [0.1, 0.15) is 22.7 Å². The zero-order valence-electron chi connectivity index (χ0n) is 16.5. The zero-order valence-corrected chi connectivity index (χ0v) is 17.3. The van der Waals surface area contributed by atoms with Crippen molar-refractivity contribution in [1.82, 2.24) is 29.3 Å². The van der Waals surface area contributed by atoms with Gasteiger partial charge in [-0.1, -0.05) is 12.8 Å². The lowest BCUT2D eigenvalue weighted by Gasteiger charge is -2.15. The molecule has 0 saturated heterocycles. The standard InChI is InChI=1S/C20H18F3N7S/c1-10-26-18(31-30-10)15-7-6-12-13(8-24-17(12)28-15)16-14(20(21,22)23)9-25-19(29-16)27-11-4-2-3-5-11/h6-9,11H,2-5H2,1H3,(H,24,28)(H,25,27,29). The topological polar surface area (TPSA) is 92.3 Å². The van der Waals surface area contributed by atoms with Gasteiger partial charge in [0.15, 0.2) is 5.01 Å². The third kappa shape index (κ3) is 3.85. The Morgan fingerprint density at radius 2 is 1.94 bits per heavy atom. The van der Waals surface area contributed by atoms with Gasteiger partial charge in [-0.2, -0.15) is 17.5 Å². The normalized spacial score (nSPS) is 15.1. The minimum Gasteiger partial charge on any atom is -0.351 e. The van der Waals surface area contributed by atoms with Gasteiger partial charge in [-0.3, -0.25) is 0 Å². The van der Waals surface area contributed by atoms with E-state index in [1.807, 2.05) is 0 Å². The number of anilines is 1. The van der Waals surface area contributed by atoms with E-state index in [1.54, 1.807) is 19.1 Å². The van der Waals surface area contributed by atoms with Crippen molar-refractivity contribution in [3.05, 3.63) is 35.9 Å². The summed E-state index contributed by atoms with van der Waals surface area (Å²) >= 11 is 1.22. The molecule has 11 heteroatoms. The van der Waals surface area contributed by atoms with Gasteiger partial charge < -0.3 is 10.3 Å². The molecule has 1 saturated carbocycles. The Morgan fingerprint density at radius 3 is 2.65 bits per heavy atom. The van der Waals surface area contributed by atoms with Crippen molar-refractivity contribution in [2.45, 2.75) is 44.8 Å². The molecule has 1 fully saturated rings. The highest BCUT2D eigenvalue weighted by atomic mass is 32.1. The Bertz CT molecular complexity index is 1240. The van der Waals surface area contributed by atoms with E-state index in [9.17, 15) is 13.2 Å². The lowest BCUT2D eigenvalue weighted by Crippen LogP contribution is -2.18. The van der Waals surface area contributed by atoms with Crippen LogP contribution in [0.4, 0.5) is 19.1 Å². The maximum absolute atomic E-state index is 13.7. The second kappa shape index (κ2) is 7.56. The Kier molecular flexibility index (Phi) is 4.84. The molecule has 0 bridgehead atoms. The van der Waals surface area contributed by atoms with E-state index in [-0.39, 0.29) is 17.7 Å². The van der Waals surface area contributed by atoms with Gasteiger partial charge in [-0.25, -0.2) is 19.9 Å². The first kappa shape index (κ1) is 19.9. The first-order valence-corrected chi connectivity index (χ1v) is 10.7. The molecule has 0 spiro atoms. The van der Waals surface area contributed by atoms with E-state index in [1.165, 1.54) is 17.7 Å². The molecule has 0 aromatic carbocycles. The number of nitrogens with one attached hydrogen (secondary N) is 2. The average Bonchev–Trinajstić information content (AvgIpc) is 3.47. The molecule has 1 aliphatic carbocycles. The van der Waals surface area contributed by atoms with E-state index < -0.39 is 11.7 Å². The minimum atomic E-state index is -4.58. The number of rotatable bonds is 4. The van der Waals surface area contributed by atoms with E-state index in [0.29, 0.717) is 33.1 Å². The monoisotopic (exact) mass is 445 g/mol. The highest BCUT2D eigenvalue weighted by Gasteiger charge is 2.36. The van der Waals surface area contributed by atoms with Crippen molar-refractivity contribution < 1.29 is 13.2 Å². The summed E-state index contributed by atoms with van der Waals surface area (Å²) in [6.45, 7) is 1.79. The van der Waals surface area contributed by atoms with Crippen molar-refractivity contribution in [3.63, 3.8) is 0 Å². The van der Waals surface area contributed by atoms with Crippen LogP contribution in [0.1, 0.15) is 37.1 Å². The molecule has 4 heterocycles. The summed E-state index contributed by atoms with van der Waals surface area (Å²) < 4.78 is 45.3. The van der Waals surface area contributed by atoms with Gasteiger partial charge >= 0.3 is 6.18 Å². The number of H-pyrrole nitrogens is 1. The van der Waals surface area contributed by atoms with Gasteiger partial charge in [-0.05, 0) is 43.4 Å². The molecule has 0 atom stereocenters. The molecule has 1 aliphatic rings. The first-order valence-electron chi connectivity index (χ1n) is 9.88. The van der Waals surface area contributed by atoms with Crippen molar-refractivity contribution >= 4 is 28.5 Å². The van der Waals surface area contributed by atoms with E-state index in [4.69, 9.17) is 0 Å². The van der Waals surface area contributed by atoms with Crippen LogP contribution >= 0.6 is 11.5 Å². The molecule has 4 aromatic heterocycles. The summed E-state index contributed by atoms with van der Waals surface area (Å²) in [6.07, 6.45) is 1.89. The van der Waals surface area contributed by atoms with Crippen LogP contribution in [0, 0.1) is 6.92 Å². The van der Waals surface area contributed by atoms with Crippen molar-refractivity contribution in [2.24, 2.45) is 0 Å². The number of hydrogen-bond acceptors (Lipinski definition) is 7. The SMILES string of the molecule is Cc1nsc(-c2ccc3c(-c4nc(NC5CCCC5)ncc4C(F)(F)F)c[nH]c3n2)n1. The fourth-order valence-corrected chi connectivity index (χ4v) is 4.48. The number of nitrogens with zero attached hydrogens (tertiary/aromatic N) is 5. The lowest BCUT2D eigenvalue weighted by atomic mass is 10.1. The van der Waals surface area contributed by atoms with Crippen LogP contribution < -0.4 is 5.32 Å². The molecule has 0 amide bonds. The highest BCUT2D eigenvalue weighted by molar-refractivity contribution is 7.09. The molecule has 2 N–H and O–H groups in total. The van der Waals surface area contributed by atoms with Crippen LogP contribution in [0.25, 0.3) is 33.0 Å². The van der Waals surface area contributed by atoms with Crippen LogP contribution in [-0.4, -0.2) is 35.3 Å².